The third kappa shape index (κ3) is 7.68. The van der Waals surface area contributed by atoms with Gasteiger partial charge < -0.3 is 20.7 Å². The number of hydrogen-bond acceptors (Lipinski definition) is 3. The van der Waals surface area contributed by atoms with Crippen molar-refractivity contribution in [2.75, 3.05) is 38.7 Å². The maximum atomic E-state index is 12.2. The minimum atomic E-state index is -0.181. The van der Waals surface area contributed by atoms with Gasteiger partial charge in [0, 0.05) is 38.1 Å². The number of rotatable bonds is 9. The van der Waals surface area contributed by atoms with Gasteiger partial charge >= 0.3 is 0 Å². The standard InChI is InChI=1S/C21H30N4O2.HI/c1-4-17-8-6-9-18(14-17)25-19(26)15-23-20(22-5-2)24-16-21(10-7-11-21)12-13-27-3;/h1,6,8-9,14H,5,7,10-13,15-16H2,2-3H3,(H,25,26)(H2,22,23,24);1H. The Balaban J connectivity index is 0.00000392. The largest absolute Gasteiger partial charge is 0.385 e. The zero-order chi connectivity index (χ0) is 19.5. The molecule has 0 aromatic heterocycles. The van der Waals surface area contributed by atoms with Crippen LogP contribution < -0.4 is 16.0 Å². The summed E-state index contributed by atoms with van der Waals surface area (Å²) in [5.74, 6) is 3.04. The van der Waals surface area contributed by atoms with Crippen LogP contribution in [-0.2, 0) is 9.53 Å². The van der Waals surface area contributed by atoms with E-state index in [0.29, 0.717) is 11.6 Å². The summed E-state index contributed by atoms with van der Waals surface area (Å²) in [4.78, 5) is 16.6. The first-order chi connectivity index (χ1) is 13.1. The maximum Gasteiger partial charge on any atom is 0.246 e. The summed E-state index contributed by atoms with van der Waals surface area (Å²) in [7, 11) is 1.74. The second-order valence-corrected chi connectivity index (χ2v) is 6.92. The van der Waals surface area contributed by atoms with Crippen molar-refractivity contribution in [3.05, 3.63) is 29.8 Å². The molecule has 1 amide bonds. The van der Waals surface area contributed by atoms with Crippen molar-refractivity contribution in [2.24, 2.45) is 10.4 Å². The average molecular weight is 498 g/mol. The van der Waals surface area contributed by atoms with Crippen LogP contribution in [0.2, 0.25) is 0 Å². The lowest BCUT2D eigenvalue weighted by molar-refractivity contribution is -0.114. The Bertz CT molecular complexity index is 696. The molecule has 0 radical (unpaired) electrons. The molecule has 1 aliphatic rings. The van der Waals surface area contributed by atoms with Crippen LogP contribution in [0.1, 0.15) is 38.2 Å². The number of nitrogens with zero attached hydrogens (tertiary/aromatic N) is 1. The quantitative estimate of drug-likeness (QED) is 0.212. The summed E-state index contributed by atoms with van der Waals surface area (Å²) < 4.78 is 5.24. The summed E-state index contributed by atoms with van der Waals surface area (Å²) in [6.45, 7) is 4.40. The molecule has 1 aromatic rings. The zero-order valence-electron chi connectivity index (χ0n) is 16.7. The normalized spacial score (nSPS) is 14.8. The highest BCUT2D eigenvalue weighted by molar-refractivity contribution is 14.0. The number of aliphatic imine (C=N–C) groups is 1. The molecule has 2 rings (SSSR count). The van der Waals surface area contributed by atoms with E-state index in [4.69, 9.17) is 11.2 Å². The molecule has 0 heterocycles. The fourth-order valence-electron chi connectivity index (χ4n) is 3.16. The Morgan fingerprint density at radius 1 is 1.36 bits per heavy atom. The van der Waals surface area contributed by atoms with Crippen molar-refractivity contribution in [2.45, 2.75) is 32.6 Å². The van der Waals surface area contributed by atoms with Gasteiger partial charge in [0.05, 0.1) is 0 Å². The Morgan fingerprint density at radius 3 is 2.75 bits per heavy atom. The lowest BCUT2D eigenvalue weighted by atomic mass is 9.67. The van der Waals surface area contributed by atoms with Crippen molar-refractivity contribution >= 4 is 41.5 Å². The minimum absolute atomic E-state index is 0. The Morgan fingerprint density at radius 2 is 2.14 bits per heavy atom. The number of methoxy groups -OCH3 is 1. The number of ether oxygens (including phenoxy) is 1. The molecule has 1 saturated carbocycles. The molecule has 0 spiro atoms. The van der Waals surface area contributed by atoms with Crippen molar-refractivity contribution in [3.63, 3.8) is 0 Å². The summed E-state index contributed by atoms with van der Waals surface area (Å²) in [5, 5.41) is 9.41. The van der Waals surface area contributed by atoms with Gasteiger partial charge in [-0.05, 0) is 49.8 Å². The van der Waals surface area contributed by atoms with Crippen LogP contribution in [0, 0.1) is 17.8 Å². The molecular formula is C21H31IN4O2. The number of guanidine groups is 1. The van der Waals surface area contributed by atoms with Gasteiger partial charge in [0.15, 0.2) is 5.96 Å². The number of terminal acetylenes is 1. The Labute approximate surface area is 185 Å². The van der Waals surface area contributed by atoms with E-state index in [-0.39, 0.29) is 41.8 Å². The Hall–Kier alpha value is -1.79. The summed E-state index contributed by atoms with van der Waals surface area (Å²) >= 11 is 0. The minimum Gasteiger partial charge on any atom is -0.385 e. The second-order valence-electron chi connectivity index (χ2n) is 6.92. The molecule has 1 aliphatic carbocycles. The number of amides is 1. The van der Waals surface area contributed by atoms with Gasteiger partial charge in [-0.15, -0.1) is 30.4 Å². The molecule has 7 heteroatoms. The Kier molecular flexibility index (Phi) is 10.9. The molecule has 0 unspecified atom stereocenters. The molecule has 28 heavy (non-hydrogen) atoms. The van der Waals surface area contributed by atoms with Crippen molar-refractivity contribution < 1.29 is 9.53 Å². The van der Waals surface area contributed by atoms with Crippen LogP contribution in [-0.4, -0.2) is 45.2 Å². The van der Waals surface area contributed by atoms with Crippen LogP contribution in [0.25, 0.3) is 0 Å². The lowest BCUT2D eigenvalue weighted by Gasteiger charge is -2.42. The molecular weight excluding hydrogens is 467 g/mol. The van der Waals surface area contributed by atoms with E-state index >= 15 is 0 Å². The van der Waals surface area contributed by atoms with Gasteiger partial charge in [-0.2, -0.15) is 0 Å². The van der Waals surface area contributed by atoms with Gasteiger partial charge in [-0.1, -0.05) is 18.4 Å². The first-order valence-electron chi connectivity index (χ1n) is 9.48. The highest BCUT2D eigenvalue weighted by Crippen LogP contribution is 2.43. The lowest BCUT2D eigenvalue weighted by Crippen LogP contribution is -2.47. The highest BCUT2D eigenvalue weighted by Gasteiger charge is 2.36. The van der Waals surface area contributed by atoms with Crippen LogP contribution in [0.3, 0.4) is 0 Å². The number of hydrogen-bond donors (Lipinski definition) is 3. The monoisotopic (exact) mass is 498 g/mol. The van der Waals surface area contributed by atoms with E-state index in [2.05, 4.69) is 26.9 Å². The number of carbonyl (C=O) groups is 1. The molecule has 1 aromatic carbocycles. The molecule has 0 bridgehead atoms. The van der Waals surface area contributed by atoms with E-state index < -0.39 is 0 Å². The third-order valence-corrected chi connectivity index (χ3v) is 4.92. The van der Waals surface area contributed by atoms with Crippen molar-refractivity contribution in [1.82, 2.24) is 10.6 Å². The van der Waals surface area contributed by atoms with Crippen LogP contribution >= 0.6 is 24.0 Å². The maximum absolute atomic E-state index is 12.2. The van der Waals surface area contributed by atoms with E-state index in [9.17, 15) is 4.79 Å². The smallest absolute Gasteiger partial charge is 0.246 e. The van der Waals surface area contributed by atoms with Crippen LogP contribution in [0.4, 0.5) is 5.69 Å². The summed E-state index contributed by atoms with van der Waals surface area (Å²) in [5.41, 5.74) is 1.69. The summed E-state index contributed by atoms with van der Waals surface area (Å²) in [6, 6.07) is 7.21. The van der Waals surface area contributed by atoms with E-state index in [1.165, 1.54) is 19.3 Å². The zero-order valence-corrected chi connectivity index (χ0v) is 19.0. The van der Waals surface area contributed by atoms with Gasteiger partial charge in [-0.3, -0.25) is 4.79 Å². The van der Waals surface area contributed by atoms with Crippen molar-refractivity contribution in [1.29, 1.82) is 0 Å². The van der Waals surface area contributed by atoms with Crippen LogP contribution in [0.5, 0.6) is 0 Å². The molecule has 0 aliphatic heterocycles. The van der Waals surface area contributed by atoms with Gasteiger partial charge in [0.2, 0.25) is 5.91 Å². The van der Waals surface area contributed by atoms with E-state index in [1.807, 2.05) is 25.1 Å². The first-order valence-corrected chi connectivity index (χ1v) is 9.48. The number of halogens is 1. The molecule has 1 fully saturated rings. The third-order valence-electron chi connectivity index (χ3n) is 4.92. The topological polar surface area (TPSA) is 74.8 Å². The highest BCUT2D eigenvalue weighted by atomic mass is 127. The van der Waals surface area contributed by atoms with E-state index in [0.717, 1.165) is 31.7 Å². The van der Waals surface area contributed by atoms with E-state index in [1.54, 1.807) is 13.2 Å². The van der Waals surface area contributed by atoms with Crippen LogP contribution in [0.15, 0.2) is 29.3 Å². The molecule has 0 saturated heterocycles. The number of benzene rings is 1. The predicted octanol–water partition coefficient (Wildman–Crippen LogP) is 2.99. The fourth-order valence-corrected chi connectivity index (χ4v) is 3.16. The fraction of sp³-hybridized carbons (Fsp3) is 0.524. The molecule has 3 N–H and O–H groups in total. The van der Waals surface area contributed by atoms with Gasteiger partial charge in [-0.25, -0.2) is 4.99 Å². The van der Waals surface area contributed by atoms with Crippen molar-refractivity contribution in [3.8, 4) is 12.3 Å². The number of carbonyl (C=O) groups excluding carboxylic acids is 1. The number of nitrogens with one attached hydrogen (secondary N) is 3. The first kappa shape index (κ1) is 24.2. The van der Waals surface area contributed by atoms with Gasteiger partial charge in [0.25, 0.3) is 0 Å². The molecule has 0 atom stereocenters. The second kappa shape index (κ2) is 12.6. The summed E-state index contributed by atoms with van der Waals surface area (Å²) in [6.07, 6.45) is 10.1. The SMILES string of the molecule is C#Cc1cccc(NC(=O)CN=C(NCC)NCC2(CCOC)CCC2)c1.I. The molecule has 154 valence electrons. The predicted molar refractivity (Wildman–Crippen MR) is 125 cm³/mol. The average Bonchev–Trinajstić information content (AvgIpc) is 2.65. The van der Waals surface area contributed by atoms with Gasteiger partial charge in [0.1, 0.15) is 6.54 Å². The number of anilines is 1. The molecule has 6 nitrogen and oxygen atoms in total.